The van der Waals surface area contributed by atoms with Crippen LogP contribution in [0.2, 0.25) is 0 Å². The van der Waals surface area contributed by atoms with Gasteiger partial charge in [-0.1, -0.05) is 36.4 Å². The third-order valence-electron chi connectivity index (χ3n) is 4.34. The van der Waals surface area contributed by atoms with Gasteiger partial charge in [-0.2, -0.15) is 0 Å². The summed E-state index contributed by atoms with van der Waals surface area (Å²) < 4.78 is 19.7. The second kappa shape index (κ2) is 9.25. The summed E-state index contributed by atoms with van der Waals surface area (Å²) >= 11 is 0. The largest absolute Gasteiger partial charge is 0.379 e. The molecule has 0 aliphatic carbocycles. The molecule has 2 aromatic rings. The number of carbonyl (C=O) groups is 2. The van der Waals surface area contributed by atoms with E-state index < -0.39 is 17.8 Å². The highest BCUT2D eigenvalue weighted by molar-refractivity contribution is 5.95. The monoisotopic (exact) mass is 371 g/mol. The maximum atomic E-state index is 14.3. The number of hydrogen-bond donors (Lipinski definition) is 2. The number of para-hydroxylation sites is 1. The number of ether oxygens (including phenoxy) is 1. The van der Waals surface area contributed by atoms with Gasteiger partial charge >= 0.3 is 0 Å². The Balaban J connectivity index is 1.67. The number of rotatable bonds is 6. The van der Waals surface area contributed by atoms with Crippen LogP contribution in [0.1, 0.15) is 11.6 Å². The molecule has 0 radical (unpaired) electrons. The maximum Gasteiger partial charge on any atom is 0.243 e. The predicted octanol–water partition coefficient (Wildman–Crippen LogP) is 1.95. The van der Waals surface area contributed by atoms with Crippen molar-refractivity contribution in [2.24, 2.45) is 0 Å². The number of carbonyl (C=O) groups excluding carboxylic acids is 2. The van der Waals surface area contributed by atoms with E-state index in [1.54, 1.807) is 42.5 Å². The van der Waals surface area contributed by atoms with Gasteiger partial charge in [-0.15, -0.1) is 0 Å². The van der Waals surface area contributed by atoms with Crippen LogP contribution < -0.4 is 10.6 Å². The van der Waals surface area contributed by atoms with Crippen molar-refractivity contribution >= 4 is 17.5 Å². The summed E-state index contributed by atoms with van der Waals surface area (Å²) in [6, 6.07) is 14.4. The van der Waals surface area contributed by atoms with Gasteiger partial charge in [0.1, 0.15) is 11.9 Å². The van der Waals surface area contributed by atoms with Gasteiger partial charge in [0.25, 0.3) is 0 Å². The number of nitrogens with one attached hydrogen (secondary N) is 2. The summed E-state index contributed by atoms with van der Waals surface area (Å²) in [6.45, 7) is 1.80. The lowest BCUT2D eigenvalue weighted by atomic mass is 10.0. The second-order valence-corrected chi connectivity index (χ2v) is 6.20. The summed E-state index contributed by atoms with van der Waals surface area (Å²) in [5.41, 5.74) is 0.941. The smallest absolute Gasteiger partial charge is 0.243 e. The van der Waals surface area contributed by atoms with E-state index in [1.165, 1.54) is 6.07 Å². The zero-order chi connectivity index (χ0) is 19.1. The number of morpholine rings is 1. The second-order valence-electron chi connectivity index (χ2n) is 6.20. The Morgan fingerprint density at radius 1 is 1.04 bits per heavy atom. The first kappa shape index (κ1) is 19.0. The van der Waals surface area contributed by atoms with Gasteiger partial charge in [0, 0.05) is 24.3 Å². The number of nitrogens with zero attached hydrogens (tertiary/aromatic N) is 1. The van der Waals surface area contributed by atoms with Gasteiger partial charge in [0.15, 0.2) is 0 Å². The standard InChI is InChI=1S/C20H22FN3O3/c21-17-9-5-4-8-16(17)19(24-10-12-27-13-11-24)20(26)22-14-18(25)23-15-6-2-1-3-7-15/h1-9,19H,10-14H2,(H,22,26)(H,23,25). The molecule has 0 saturated carbocycles. The Hall–Kier alpha value is -2.77. The summed E-state index contributed by atoms with van der Waals surface area (Å²) in [5.74, 6) is -1.20. The molecule has 0 aromatic heterocycles. The van der Waals surface area contributed by atoms with Crippen molar-refractivity contribution in [2.45, 2.75) is 6.04 Å². The average molecular weight is 371 g/mol. The van der Waals surface area contributed by atoms with Crippen molar-refractivity contribution in [2.75, 3.05) is 38.2 Å². The summed E-state index contributed by atoms with van der Waals surface area (Å²) in [4.78, 5) is 26.8. The van der Waals surface area contributed by atoms with Crippen LogP contribution in [0.5, 0.6) is 0 Å². The van der Waals surface area contributed by atoms with E-state index in [1.807, 2.05) is 11.0 Å². The Morgan fingerprint density at radius 3 is 2.41 bits per heavy atom. The van der Waals surface area contributed by atoms with Crippen LogP contribution in [-0.2, 0) is 14.3 Å². The minimum Gasteiger partial charge on any atom is -0.379 e. The minimum absolute atomic E-state index is 0.191. The molecule has 1 aliphatic heterocycles. The van der Waals surface area contributed by atoms with Crippen LogP contribution >= 0.6 is 0 Å². The molecule has 142 valence electrons. The summed E-state index contributed by atoms with van der Waals surface area (Å²) in [7, 11) is 0. The quantitative estimate of drug-likeness (QED) is 0.814. The molecule has 2 N–H and O–H groups in total. The van der Waals surface area contributed by atoms with Gasteiger partial charge in [0.05, 0.1) is 19.8 Å². The molecule has 1 saturated heterocycles. The number of halogens is 1. The summed E-state index contributed by atoms with van der Waals surface area (Å²) in [5, 5.41) is 5.33. The Morgan fingerprint density at radius 2 is 1.70 bits per heavy atom. The zero-order valence-corrected chi connectivity index (χ0v) is 14.9. The maximum absolute atomic E-state index is 14.3. The summed E-state index contributed by atoms with van der Waals surface area (Å²) in [6.07, 6.45) is 0. The molecule has 7 heteroatoms. The number of amides is 2. The molecule has 1 unspecified atom stereocenters. The first-order valence-electron chi connectivity index (χ1n) is 8.84. The van der Waals surface area contributed by atoms with E-state index in [0.29, 0.717) is 37.6 Å². The van der Waals surface area contributed by atoms with Gasteiger partial charge in [0.2, 0.25) is 11.8 Å². The van der Waals surface area contributed by atoms with Crippen molar-refractivity contribution in [1.82, 2.24) is 10.2 Å². The Labute approximate surface area is 157 Å². The highest BCUT2D eigenvalue weighted by Gasteiger charge is 2.31. The van der Waals surface area contributed by atoms with Crippen LogP contribution in [0.15, 0.2) is 54.6 Å². The highest BCUT2D eigenvalue weighted by Crippen LogP contribution is 2.24. The molecule has 0 spiro atoms. The third kappa shape index (κ3) is 5.12. The lowest BCUT2D eigenvalue weighted by molar-refractivity contribution is -0.130. The van der Waals surface area contributed by atoms with E-state index >= 15 is 0 Å². The molecule has 1 aliphatic rings. The van der Waals surface area contributed by atoms with Crippen molar-refractivity contribution in [3.8, 4) is 0 Å². The molecule has 6 nitrogen and oxygen atoms in total. The lowest BCUT2D eigenvalue weighted by Crippen LogP contribution is -2.47. The van der Waals surface area contributed by atoms with E-state index in [2.05, 4.69) is 10.6 Å². The predicted molar refractivity (Wildman–Crippen MR) is 99.6 cm³/mol. The number of hydrogen-bond acceptors (Lipinski definition) is 4. The van der Waals surface area contributed by atoms with Gasteiger partial charge in [-0.05, 0) is 18.2 Å². The van der Waals surface area contributed by atoms with E-state index in [0.717, 1.165) is 0 Å². The van der Waals surface area contributed by atoms with Crippen LogP contribution in [-0.4, -0.2) is 49.6 Å². The molecule has 1 heterocycles. The van der Waals surface area contributed by atoms with Crippen molar-refractivity contribution in [3.05, 3.63) is 66.0 Å². The number of anilines is 1. The first-order valence-corrected chi connectivity index (χ1v) is 8.84. The van der Waals surface area contributed by atoms with Crippen LogP contribution in [0, 0.1) is 5.82 Å². The van der Waals surface area contributed by atoms with E-state index in [4.69, 9.17) is 4.74 Å². The normalized spacial score (nSPS) is 15.7. The minimum atomic E-state index is -0.806. The fourth-order valence-electron chi connectivity index (χ4n) is 3.03. The van der Waals surface area contributed by atoms with Gasteiger partial charge in [-0.25, -0.2) is 4.39 Å². The molecule has 2 aromatic carbocycles. The topological polar surface area (TPSA) is 70.7 Å². The Kier molecular flexibility index (Phi) is 6.51. The van der Waals surface area contributed by atoms with Crippen molar-refractivity contribution in [3.63, 3.8) is 0 Å². The van der Waals surface area contributed by atoms with Crippen molar-refractivity contribution in [1.29, 1.82) is 0 Å². The lowest BCUT2D eigenvalue weighted by Gasteiger charge is -2.33. The van der Waals surface area contributed by atoms with Crippen LogP contribution in [0.4, 0.5) is 10.1 Å². The zero-order valence-electron chi connectivity index (χ0n) is 14.9. The van der Waals surface area contributed by atoms with Crippen molar-refractivity contribution < 1.29 is 18.7 Å². The van der Waals surface area contributed by atoms with Crippen LogP contribution in [0.25, 0.3) is 0 Å². The molecule has 1 atom stereocenters. The molecular weight excluding hydrogens is 349 g/mol. The van der Waals surface area contributed by atoms with Gasteiger partial charge in [-0.3, -0.25) is 14.5 Å². The highest BCUT2D eigenvalue weighted by atomic mass is 19.1. The first-order chi connectivity index (χ1) is 13.1. The third-order valence-corrected chi connectivity index (χ3v) is 4.34. The molecule has 0 bridgehead atoms. The SMILES string of the molecule is O=C(CNC(=O)C(c1ccccc1F)N1CCOCC1)Nc1ccccc1. The molecule has 1 fully saturated rings. The molecule has 27 heavy (non-hydrogen) atoms. The number of benzene rings is 2. The van der Waals surface area contributed by atoms with Gasteiger partial charge < -0.3 is 15.4 Å². The average Bonchev–Trinajstić information content (AvgIpc) is 2.70. The molecule has 2 amide bonds. The van der Waals surface area contributed by atoms with E-state index in [-0.39, 0.29) is 12.5 Å². The van der Waals surface area contributed by atoms with Crippen LogP contribution in [0.3, 0.4) is 0 Å². The fraction of sp³-hybridized carbons (Fsp3) is 0.300. The van der Waals surface area contributed by atoms with E-state index in [9.17, 15) is 14.0 Å². The fourth-order valence-corrected chi connectivity index (χ4v) is 3.03. The Bertz CT molecular complexity index is 779. The molecule has 3 rings (SSSR count). The molecular formula is C20H22FN3O3.